The van der Waals surface area contributed by atoms with Crippen LogP contribution in [0, 0.1) is 0 Å². The fourth-order valence-corrected chi connectivity index (χ4v) is 1.68. The molecule has 0 aromatic heterocycles. The number of rotatable bonds is 8. The monoisotopic (exact) mass is 297 g/mol. The molecule has 0 unspecified atom stereocenters. The molecule has 0 saturated carbocycles. The molecule has 0 fully saturated rings. The molecule has 1 aromatic rings. The molecule has 0 aliphatic heterocycles. The summed E-state index contributed by atoms with van der Waals surface area (Å²) in [6.07, 6.45) is 0. The Morgan fingerprint density at radius 1 is 1.10 bits per heavy atom. The molecule has 112 valence electrons. The van der Waals surface area contributed by atoms with Crippen LogP contribution in [0.3, 0.4) is 0 Å². The summed E-state index contributed by atoms with van der Waals surface area (Å²) >= 11 is 4.97. The number of ether oxygens (including phenoxy) is 3. The Kier molecular flexibility index (Phi) is 6.91. The van der Waals surface area contributed by atoms with Gasteiger partial charge in [0.05, 0.1) is 31.0 Å². The van der Waals surface area contributed by atoms with Gasteiger partial charge in [-0.3, -0.25) is 0 Å². The molecule has 0 saturated heterocycles. The zero-order chi connectivity index (χ0) is 15.0. The number of nitrogens with two attached hydrogens (primary N) is 1. The number of thiocarbonyl (C=S) groups is 1. The van der Waals surface area contributed by atoms with Crippen molar-refractivity contribution >= 4 is 17.2 Å². The third-order valence-electron chi connectivity index (χ3n) is 2.40. The number of para-hydroxylation sites is 1. The zero-order valence-electron chi connectivity index (χ0n) is 12.3. The second-order valence-corrected chi connectivity index (χ2v) is 5.72. The van der Waals surface area contributed by atoms with E-state index in [0.29, 0.717) is 37.2 Å². The summed E-state index contributed by atoms with van der Waals surface area (Å²) in [6.45, 7) is 8.13. The van der Waals surface area contributed by atoms with E-state index in [1.165, 1.54) is 0 Å². The highest BCUT2D eigenvalue weighted by Crippen LogP contribution is 2.17. The Morgan fingerprint density at radius 3 is 2.40 bits per heavy atom. The normalized spacial score (nSPS) is 11.3. The molecule has 0 heterocycles. The lowest BCUT2D eigenvalue weighted by molar-refractivity contribution is -0.0375. The van der Waals surface area contributed by atoms with E-state index in [9.17, 15) is 0 Å². The van der Waals surface area contributed by atoms with E-state index in [-0.39, 0.29) is 5.60 Å². The first-order valence-corrected chi connectivity index (χ1v) is 7.04. The molecule has 0 spiro atoms. The van der Waals surface area contributed by atoms with Crippen molar-refractivity contribution < 1.29 is 14.2 Å². The number of hydrogen-bond donors (Lipinski definition) is 1. The Morgan fingerprint density at radius 2 is 1.75 bits per heavy atom. The summed E-state index contributed by atoms with van der Waals surface area (Å²) in [5, 5.41) is 0. The highest BCUT2D eigenvalue weighted by molar-refractivity contribution is 7.80. The van der Waals surface area contributed by atoms with Crippen molar-refractivity contribution in [1.29, 1.82) is 0 Å². The molecule has 0 aliphatic rings. The Bertz CT molecular complexity index is 429. The standard InChI is InChI=1S/C15H23NO3S/c1-15(2,3)19-11-9-17-8-10-18-13-7-5-4-6-12(13)14(16)20/h4-7H,8-11H2,1-3H3,(H2,16,20). The molecule has 0 atom stereocenters. The highest BCUT2D eigenvalue weighted by Gasteiger charge is 2.09. The molecular formula is C15H23NO3S. The average Bonchev–Trinajstić information content (AvgIpc) is 2.36. The maximum Gasteiger partial charge on any atom is 0.129 e. The molecule has 2 N–H and O–H groups in total. The van der Waals surface area contributed by atoms with E-state index in [2.05, 4.69) is 0 Å². The van der Waals surface area contributed by atoms with Gasteiger partial charge in [0.2, 0.25) is 0 Å². The van der Waals surface area contributed by atoms with Crippen molar-refractivity contribution in [1.82, 2.24) is 0 Å². The minimum atomic E-state index is -0.129. The SMILES string of the molecule is CC(C)(C)OCCOCCOc1ccccc1C(N)=S. The lowest BCUT2D eigenvalue weighted by Crippen LogP contribution is -2.22. The van der Waals surface area contributed by atoms with Gasteiger partial charge in [-0.2, -0.15) is 0 Å². The first-order chi connectivity index (χ1) is 9.40. The first-order valence-electron chi connectivity index (χ1n) is 6.63. The lowest BCUT2D eigenvalue weighted by Gasteiger charge is -2.19. The van der Waals surface area contributed by atoms with Gasteiger partial charge < -0.3 is 19.9 Å². The van der Waals surface area contributed by atoms with Crippen molar-refractivity contribution in [2.45, 2.75) is 26.4 Å². The van der Waals surface area contributed by atoms with Crippen LogP contribution in [0.2, 0.25) is 0 Å². The molecule has 0 bridgehead atoms. The van der Waals surface area contributed by atoms with E-state index in [0.717, 1.165) is 5.56 Å². The second-order valence-electron chi connectivity index (χ2n) is 5.28. The van der Waals surface area contributed by atoms with Crippen LogP contribution in [0.15, 0.2) is 24.3 Å². The van der Waals surface area contributed by atoms with Crippen LogP contribution in [0.5, 0.6) is 5.75 Å². The minimum Gasteiger partial charge on any atom is -0.490 e. The Balaban J connectivity index is 2.20. The minimum absolute atomic E-state index is 0.129. The topological polar surface area (TPSA) is 53.7 Å². The number of hydrogen-bond acceptors (Lipinski definition) is 4. The summed E-state index contributed by atoms with van der Waals surface area (Å²) in [6, 6.07) is 7.45. The van der Waals surface area contributed by atoms with Gasteiger partial charge in [-0.15, -0.1) is 0 Å². The van der Waals surface area contributed by atoms with E-state index in [1.807, 2.05) is 45.0 Å². The molecule has 20 heavy (non-hydrogen) atoms. The van der Waals surface area contributed by atoms with Crippen molar-refractivity contribution in [3.8, 4) is 5.75 Å². The summed E-state index contributed by atoms with van der Waals surface area (Å²) in [5.41, 5.74) is 6.25. The molecule has 4 nitrogen and oxygen atoms in total. The summed E-state index contributed by atoms with van der Waals surface area (Å²) < 4.78 is 16.6. The van der Waals surface area contributed by atoms with Crippen LogP contribution in [-0.2, 0) is 9.47 Å². The van der Waals surface area contributed by atoms with Gasteiger partial charge in [-0.25, -0.2) is 0 Å². The predicted octanol–water partition coefficient (Wildman–Crippen LogP) is 2.53. The number of benzene rings is 1. The van der Waals surface area contributed by atoms with Crippen LogP contribution in [0.4, 0.5) is 0 Å². The second kappa shape index (κ2) is 8.19. The van der Waals surface area contributed by atoms with Gasteiger partial charge in [-0.1, -0.05) is 24.4 Å². The van der Waals surface area contributed by atoms with Gasteiger partial charge in [0.1, 0.15) is 17.3 Å². The van der Waals surface area contributed by atoms with Crippen LogP contribution in [0.1, 0.15) is 26.3 Å². The van der Waals surface area contributed by atoms with Crippen molar-refractivity contribution in [2.75, 3.05) is 26.4 Å². The van der Waals surface area contributed by atoms with Gasteiger partial charge in [-0.05, 0) is 32.9 Å². The first kappa shape index (κ1) is 16.9. The van der Waals surface area contributed by atoms with E-state index in [1.54, 1.807) is 0 Å². The maximum atomic E-state index is 5.63. The molecule has 1 aromatic carbocycles. The van der Waals surface area contributed by atoms with Crippen molar-refractivity contribution in [3.05, 3.63) is 29.8 Å². The molecule has 1 rings (SSSR count). The van der Waals surface area contributed by atoms with Crippen LogP contribution in [0.25, 0.3) is 0 Å². The fraction of sp³-hybridized carbons (Fsp3) is 0.533. The largest absolute Gasteiger partial charge is 0.490 e. The smallest absolute Gasteiger partial charge is 0.129 e. The van der Waals surface area contributed by atoms with Crippen molar-refractivity contribution in [3.63, 3.8) is 0 Å². The molecule has 0 amide bonds. The Labute approximate surface area is 126 Å². The van der Waals surface area contributed by atoms with Gasteiger partial charge in [0.25, 0.3) is 0 Å². The van der Waals surface area contributed by atoms with Gasteiger partial charge in [0, 0.05) is 0 Å². The van der Waals surface area contributed by atoms with E-state index in [4.69, 9.17) is 32.2 Å². The predicted molar refractivity (Wildman–Crippen MR) is 84.3 cm³/mol. The van der Waals surface area contributed by atoms with Crippen LogP contribution in [-0.4, -0.2) is 37.0 Å². The summed E-state index contributed by atoms with van der Waals surface area (Å²) in [4.78, 5) is 0.333. The fourth-order valence-electron chi connectivity index (χ4n) is 1.52. The van der Waals surface area contributed by atoms with Gasteiger partial charge >= 0.3 is 0 Å². The maximum absolute atomic E-state index is 5.63. The van der Waals surface area contributed by atoms with Crippen LogP contribution >= 0.6 is 12.2 Å². The summed E-state index contributed by atoms with van der Waals surface area (Å²) in [5.74, 6) is 0.689. The molecule has 5 heteroatoms. The zero-order valence-corrected chi connectivity index (χ0v) is 13.2. The van der Waals surface area contributed by atoms with Gasteiger partial charge in [0.15, 0.2) is 0 Å². The Hall–Kier alpha value is -1.17. The average molecular weight is 297 g/mol. The molecule has 0 radical (unpaired) electrons. The van der Waals surface area contributed by atoms with E-state index < -0.39 is 0 Å². The highest BCUT2D eigenvalue weighted by atomic mass is 32.1. The van der Waals surface area contributed by atoms with E-state index >= 15 is 0 Å². The summed E-state index contributed by atoms with van der Waals surface area (Å²) in [7, 11) is 0. The molecule has 0 aliphatic carbocycles. The third kappa shape index (κ3) is 6.84. The molecular weight excluding hydrogens is 274 g/mol. The van der Waals surface area contributed by atoms with Crippen LogP contribution < -0.4 is 10.5 Å². The van der Waals surface area contributed by atoms with Crippen molar-refractivity contribution in [2.24, 2.45) is 5.73 Å². The lowest BCUT2D eigenvalue weighted by atomic mass is 10.2. The quantitative estimate of drug-likeness (QED) is 0.590. The third-order valence-corrected chi connectivity index (χ3v) is 2.62.